The Balaban J connectivity index is 4.18. The highest BCUT2D eigenvalue weighted by atomic mass is 15.1. The summed E-state index contributed by atoms with van der Waals surface area (Å²) in [4.78, 5) is 7.44. The highest BCUT2D eigenvalue weighted by Gasteiger charge is 1.96. The van der Waals surface area contributed by atoms with E-state index in [1.165, 1.54) is 0 Å². The van der Waals surface area contributed by atoms with Crippen molar-refractivity contribution >= 4 is 11.9 Å². The Morgan fingerprint density at radius 1 is 1.50 bits per heavy atom. The molecule has 66 valence electrons. The van der Waals surface area contributed by atoms with Crippen LogP contribution in [0.25, 0.3) is 0 Å². The van der Waals surface area contributed by atoms with Gasteiger partial charge in [0.05, 0.1) is 6.04 Å². The first kappa shape index (κ1) is 10.3. The number of terminal acetylenes is 1. The maximum absolute atomic E-state index is 5.34. The van der Waals surface area contributed by atoms with Crippen molar-refractivity contribution in [3.63, 3.8) is 0 Å². The first-order valence-corrected chi connectivity index (χ1v) is 3.42. The van der Waals surface area contributed by atoms with E-state index in [0.29, 0.717) is 6.42 Å². The maximum atomic E-state index is 5.34. The Labute approximate surface area is 71.7 Å². The molecule has 0 fully saturated rings. The Morgan fingerprint density at radius 2 is 2.08 bits per heavy atom. The molecule has 12 heavy (non-hydrogen) atoms. The van der Waals surface area contributed by atoms with Gasteiger partial charge in [0.2, 0.25) is 5.96 Å². The second kappa shape index (κ2) is 5.02. The number of hydrogen-bond acceptors (Lipinski definition) is 1. The third-order valence-electron chi connectivity index (χ3n) is 1.01. The van der Waals surface area contributed by atoms with Crippen LogP contribution in [0.15, 0.2) is 9.98 Å². The van der Waals surface area contributed by atoms with Crippen LogP contribution in [0.1, 0.15) is 13.3 Å². The number of nitrogens with zero attached hydrogens (tertiary/aromatic N) is 2. The van der Waals surface area contributed by atoms with Gasteiger partial charge in [-0.15, -0.1) is 12.3 Å². The van der Waals surface area contributed by atoms with E-state index in [1.807, 2.05) is 6.92 Å². The lowest BCUT2D eigenvalue weighted by atomic mass is 10.3. The van der Waals surface area contributed by atoms with E-state index >= 15 is 0 Å². The summed E-state index contributed by atoms with van der Waals surface area (Å²) < 4.78 is 0. The third kappa shape index (κ3) is 5.11. The molecule has 0 spiro atoms. The van der Waals surface area contributed by atoms with E-state index in [9.17, 15) is 0 Å². The summed E-state index contributed by atoms with van der Waals surface area (Å²) in [6, 6.07) is -0.0573. The predicted molar refractivity (Wildman–Crippen MR) is 50.3 cm³/mol. The molecule has 0 bridgehead atoms. The van der Waals surface area contributed by atoms with E-state index in [-0.39, 0.29) is 18.0 Å². The van der Waals surface area contributed by atoms with Crippen molar-refractivity contribution in [1.29, 1.82) is 0 Å². The second-order valence-electron chi connectivity index (χ2n) is 2.28. The van der Waals surface area contributed by atoms with Crippen LogP contribution in [-0.2, 0) is 0 Å². The molecule has 5 heteroatoms. The van der Waals surface area contributed by atoms with Crippen molar-refractivity contribution in [2.45, 2.75) is 19.4 Å². The number of aliphatic imine (C=N–C) groups is 2. The zero-order valence-electron chi connectivity index (χ0n) is 6.99. The zero-order chi connectivity index (χ0) is 9.56. The molecule has 0 aromatic rings. The second-order valence-corrected chi connectivity index (χ2v) is 2.28. The summed E-state index contributed by atoms with van der Waals surface area (Å²) in [7, 11) is 0. The molecule has 0 aromatic carbocycles. The van der Waals surface area contributed by atoms with Gasteiger partial charge in [0.1, 0.15) is 0 Å². The van der Waals surface area contributed by atoms with Gasteiger partial charge in [-0.2, -0.15) is 4.99 Å². The number of rotatable bonds is 2. The molecule has 1 atom stereocenters. The molecule has 6 N–H and O–H groups in total. The molecule has 0 rings (SSSR count). The monoisotopic (exact) mass is 167 g/mol. The molecule has 0 radical (unpaired) electrons. The average molecular weight is 167 g/mol. The summed E-state index contributed by atoms with van der Waals surface area (Å²) in [5, 5.41) is 0. The van der Waals surface area contributed by atoms with E-state index in [2.05, 4.69) is 15.9 Å². The van der Waals surface area contributed by atoms with Gasteiger partial charge in [0.15, 0.2) is 5.96 Å². The minimum Gasteiger partial charge on any atom is -0.370 e. The normalized spacial score (nSPS) is 13.2. The Hall–Kier alpha value is -1.70. The van der Waals surface area contributed by atoms with Gasteiger partial charge in [-0.05, 0) is 6.92 Å². The van der Waals surface area contributed by atoms with Crippen LogP contribution in [0.4, 0.5) is 0 Å². The predicted octanol–water partition coefficient (Wildman–Crippen LogP) is -1.01. The van der Waals surface area contributed by atoms with Gasteiger partial charge in [-0.25, -0.2) is 4.99 Å². The average Bonchev–Trinajstić information content (AvgIpc) is 1.84. The fraction of sp³-hybridized carbons (Fsp3) is 0.429. The zero-order valence-corrected chi connectivity index (χ0v) is 6.99. The highest BCUT2D eigenvalue weighted by molar-refractivity contribution is 5.92. The lowest BCUT2D eigenvalue weighted by Gasteiger charge is -2.00. The molecule has 0 aliphatic heterocycles. The topological polar surface area (TPSA) is 103 Å². The van der Waals surface area contributed by atoms with Crippen LogP contribution >= 0.6 is 0 Å². The highest BCUT2D eigenvalue weighted by Crippen LogP contribution is 1.94. The molecule has 0 saturated heterocycles. The van der Waals surface area contributed by atoms with Crippen molar-refractivity contribution in [3.8, 4) is 12.3 Å². The molecule has 0 aromatic heterocycles. The SMILES string of the molecule is C#CCC(C)N=C(N)N=C(N)N. The van der Waals surface area contributed by atoms with Gasteiger partial charge in [-0.3, -0.25) is 0 Å². The van der Waals surface area contributed by atoms with Crippen LogP contribution in [0, 0.1) is 12.3 Å². The van der Waals surface area contributed by atoms with Crippen molar-refractivity contribution < 1.29 is 0 Å². The van der Waals surface area contributed by atoms with E-state index in [1.54, 1.807) is 0 Å². The molecule has 5 nitrogen and oxygen atoms in total. The first-order valence-electron chi connectivity index (χ1n) is 3.42. The van der Waals surface area contributed by atoms with Gasteiger partial charge in [0.25, 0.3) is 0 Å². The van der Waals surface area contributed by atoms with E-state index < -0.39 is 0 Å². The summed E-state index contributed by atoms with van der Waals surface area (Å²) in [5.41, 5.74) is 15.5. The van der Waals surface area contributed by atoms with Gasteiger partial charge in [-0.1, -0.05) is 0 Å². The molecule has 0 aliphatic carbocycles. The summed E-state index contributed by atoms with van der Waals surface area (Å²) in [5.74, 6) is 2.40. The van der Waals surface area contributed by atoms with Crippen LogP contribution in [-0.4, -0.2) is 18.0 Å². The summed E-state index contributed by atoms with van der Waals surface area (Å²) >= 11 is 0. The number of hydrogen-bond donors (Lipinski definition) is 3. The minimum absolute atomic E-state index is 0.0535. The third-order valence-corrected chi connectivity index (χ3v) is 1.01. The standard InChI is InChI=1S/C7H13N5/c1-3-4-5(2)11-7(10)12-6(8)9/h1,5H,4H2,2H3,(H6,8,9,10,11,12). The summed E-state index contributed by atoms with van der Waals surface area (Å²) in [6.45, 7) is 1.83. The lowest BCUT2D eigenvalue weighted by molar-refractivity contribution is 0.770. The molecular weight excluding hydrogens is 154 g/mol. The molecule has 0 aliphatic rings. The minimum atomic E-state index is -0.107. The van der Waals surface area contributed by atoms with Crippen LogP contribution < -0.4 is 17.2 Å². The maximum Gasteiger partial charge on any atom is 0.218 e. The first-order chi connectivity index (χ1) is 5.56. The van der Waals surface area contributed by atoms with E-state index in [0.717, 1.165) is 0 Å². The lowest BCUT2D eigenvalue weighted by Crippen LogP contribution is -2.27. The number of nitrogens with two attached hydrogens (primary N) is 3. The molecule has 0 heterocycles. The van der Waals surface area contributed by atoms with Crippen molar-refractivity contribution in [3.05, 3.63) is 0 Å². The van der Waals surface area contributed by atoms with Crippen LogP contribution in [0.2, 0.25) is 0 Å². The summed E-state index contributed by atoms with van der Waals surface area (Å²) in [6.07, 6.45) is 5.58. The molecular formula is C7H13N5. The quantitative estimate of drug-likeness (QED) is 0.279. The van der Waals surface area contributed by atoms with Crippen LogP contribution in [0.5, 0.6) is 0 Å². The van der Waals surface area contributed by atoms with E-state index in [4.69, 9.17) is 23.6 Å². The van der Waals surface area contributed by atoms with Crippen molar-refractivity contribution in [2.24, 2.45) is 27.2 Å². The van der Waals surface area contributed by atoms with Gasteiger partial charge in [0, 0.05) is 6.42 Å². The van der Waals surface area contributed by atoms with Gasteiger partial charge >= 0.3 is 0 Å². The Bertz CT molecular complexity index is 231. The molecule has 1 unspecified atom stereocenters. The Kier molecular flexibility index (Phi) is 4.31. The van der Waals surface area contributed by atoms with Gasteiger partial charge < -0.3 is 17.2 Å². The van der Waals surface area contributed by atoms with Crippen LogP contribution in [0.3, 0.4) is 0 Å². The number of guanidine groups is 2. The Morgan fingerprint density at radius 3 is 2.50 bits per heavy atom. The largest absolute Gasteiger partial charge is 0.370 e. The smallest absolute Gasteiger partial charge is 0.218 e. The molecule has 0 saturated carbocycles. The molecule has 0 amide bonds. The fourth-order valence-electron chi connectivity index (χ4n) is 0.603. The fourth-order valence-corrected chi connectivity index (χ4v) is 0.603. The van der Waals surface area contributed by atoms with Crippen molar-refractivity contribution in [2.75, 3.05) is 0 Å². The van der Waals surface area contributed by atoms with Crippen molar-refractivity contribution in [1.82, 2.24) is 0 Å².